The highest BCUT2D eigenvalue weighted by molar-refractivity contribution is 5.95. The van der Waals surface area contributed by atoms with Crippen molar-refractivity contribution >= 4 is 29.0 Å². The SMILES string of the molecule is C.C=CC(=O)Cc1cc(OC)ccc1Oc1nc(Nc2ccc(N3CCC[C@@H]3CO)cc2OC)ncc1C(N)=O. The number of aromatic nitrogens is 2. The third-order valence-electron chi connectivity index (χ3n) is 6.44. The van der Waals surface area contributed by atoms with Gasteiger partial charge in [-0.25, -0.2) is 4.98 Å². The van der Waals surface area contributed by atoms with E-state index in [0.717, 1.165) is 25.1 Å². The lowest BCUT2D eigenvalue weighted by atomic mass is 10.1. The van der Waals surface area contributed by atoms with Crippen molar-refractivity contribution in [1.82, 2.24) is 9.97 Å². The number of carbonyl (C=O) groups is 2. The zero-order valence-electron chi connectivity index (χ0n) is 21.8. The Morgan fingerprint density at radius 3 is 2.67 bits per heavy atom. The molecule has 1 aliphatic rings. The highest BCUT2D eigenvalue weighted by atomic mass is 16.5. The number of nitrogens with two attached hydrogens (primary N) is 1. The summed E-state index contributed by atoms with van der Waals surface area (Å²) in [7, 11) is 3.07. The molecule has 4 rings (SSSR count). The second-order valence-corrected chi connectivity index (χ2v) is 8.88. The van der Waals surface area contributed by atoms with E-state index in [4.69, 9.17) is 19.9 Å². The molecule has 2 aromatic carbocycles. The number of rotatable bonds is 12. The minimum absolute atomic E-state index is 0. The predicted molar refractivity (Wildman–Crippen MR) is 153 cm³/mol. The smallest absolute Gasteiger partial charge is 0.255 e. The summed E-state index contributed by atoms with van der Waals surface area (Å²) >= 11 is 0. The summed E-state index contributed by atoms with van der Waals surface area (Å²) in [4.78, 5) is 34.9. The second-order valence-electron chi connectivity index (χ2n) is 8.88. The van der Waals surface area contributed by atoms with Gasteiger partial charge < -0.3 is 35.3 Å². The van der Waals surface area contributed by atoms with E-state index in [1.165, 1.54) is 19.4 Å². The summed E-state index contributed by atoms with van der Waals surface area (Å²) in [6, 6.07) is 10.6. The maximum absolute atomic E-state index is 12.1. The van der Waals surface area contributed by atoms with E-state index in [-0.39, 0.29) is 49.7 Å². The third kappa shape index (κ3) is 6.67. The molecule has 3 aromatic rings. The molecule has 0 spiro atoms. The van der Waals surface area contributed by atoms with Crippen molar-refractivity contribution in [3.63, 3.8) is 0 Å². The number of primary amides is 1. The highest BCUT2D eigenvalue weighted by Crippen LogP contribution is 2.35. The van der Waals surface area contributed by atoms with Crippen LogP contribution in [0.2, 0.25) is 0 Å². The first-order valence-electron chi connectivity index (χ1n) is 12.4. The van der Waals surface area contributed by atoms with Crippen molar-refractivity contribution in [3.05, 3.63) is 66.4 Å². The lowest BCUT2D eigenvalue weighted by Gasteiger charge is -2.26. The monoisotopic (exact) mass is 549 g/mol. The molecule has 1 saturated heterocycles. The minimum atomic E-state index is -0.778. The Hall–Kier alpha value is -4.64. The summed E-state index contributed by atoms with van der Waals surface area (Å²) in [6.45, 7) is 4.45. The zero-order valence-corrected chi connectivity index (χ0v) is 21.8. The molecule has 4 N–H and O–H groups in total. The number of benzene rings is 2. The van der Waals surface area contributed by atoms with Gasteiger partial charge in [0.15, 0.2) is 5.78 Å². The molecule has 212 valence electrons. The Kier molecular flexibility index (Phi) is 10.0. The van der Waals surface area contributed by atoms with Gasteiger partial charge in [-0.15, -0.1) is 0 Å². The lowest BCUT2D eigenvalue weighted by Crippen LogP contribution is -2.31. The Balaban J connectivity index is 0.00000441. The van der Waals surface area contributed by atoms with Crippen LogP contribution in [0, 0.1) is 0 Å². The largest absolute Gasteiger partial charge is 0.497 e. The molecule has 1 fully saturated rings. The predicted octanol–water partition coefficient (Wildman–Crippen LogP) is 4.02. The van der Waals surface area contributed by atoms with Crippen LogP contribution in [0.15, 0.2) is 55.3 Å². The number of hydrogen-bond donors (Lipinski definition) is 3. The highest BCUT2D eigenvalue weighted by Gasteiger charge is 2.25. The van der Waals surface area contributed by atoms with Crippen LogP contribution >= 0.6 is 0 Å². The molecule has 1 aromatic heterocycles. The average molecular weight is 550 g/mol. The van der Waals surface area contributed by atoms with E-state index < -0.39 is 5.91 Å². The van der Waals surface area contributed by atoms with Crippen molar-refractivity contribution in [2.24, 2.45) is 5.73 Å². The van der Waals surface area contributed by atoms with E-state index in [1.54, 1.807) is 25.3 Å². The maximum Gasteiger partial charge on any atom is 0.255 e. The van der Waals surface area contributed by atoms with E-state index >= 15 is 0 Å². The fourth-order valence-electron chi connectivity index (χ4n) is 4.41. The zero-order chi connectivity index (χ0) is 27.9. The van der Waals surface area contributed by atoms with Gasteiger partial charge in [-0.05, 0) is 49.2 Å². The number of nitrogens with zero attached hydrogens (tertiary/aromatic N) is 3. The minimum Gasteiger partial charge on any atom is -0.497 e. The van der Waals surface area contributed by atoms with Gasteiger partial charge in [-0.1, -0.05) is 14.0 Å². The molecule has 1 amide bonds. The van der Waals surface area contributed by atoms with E-state index in [0.29, 0.717) is 28.5 Å². The summed E-state index contributed by atoms with van der Waals surface area (Å²) in [5.74, 6) is 0.418. The summed E-state index contributed by atoms with van der Waals surface area (Å²) in [6.07, 6.45) is 4.43. The average Bonchev–Trinajstić information content (AvgIpc) is 3.43. The molecular weight excluding hydrogens is 514 g/mol. The normalized spacial score (nSPS) is 14.2. The van der Waals surface area contributed by atoms with Crippen molar-refractivity contribution in [3.8, 4) is 23.1 Å². The molecule has 40 heavy (non-hydrogen) atoms. The van der Waals surface area contributed by atoms with Crippen molar-refractivity contribution < 1.29 is 28.9 Å². The van der Waals surface area contributed by atoms with Gasteiger partial charge in [-0.2, -0.15) is 4.98 Å². The lowest BCUT2D eigenvalue weighted by molar-refractivity contribution is -0.114. The van der Waals surface area contributed by atoms with E-state index in [9.17, 15) is 14.7 Å². The molecular formula is C29H35N5O6. The standard InChI is InChI=1S/C28H31N5O6.CH4/c1-4-20(35)12-17-13-21(37-2)8-10-24(17)39-27-22(26(29)36)15-30-28(32-27)31-23-9-7-18(14-25(23)38-3)33-11-5-6-19(33)16-34;/h4,7-10,13-15,19,34H,1,5-6,11-12,16H2,2-3H3,(H2,29,36)(H,30,31,32);1H4/t19-;/m1./s1. The van der Waals surface area contributed by atoms with Gasteiger partial charge in [-0.3, -0.25) is 9.59 Å². The van der Waals surface area contributed by atoms with Gasteiger partial charge >= 0.3 is 0 Å². The number of nitrogens with one attached hydrogen (secondary N) is 1. The molecule has 0 aliphatic carbocycles. The topological polar surface area (TPSA) is 149 Å². The van der Waals surface area contributed by atoms with Crippen LogP contribution in [0.5, 0.6) is 23.1 Å². The number of allylic oxidation sites excluding steroid dienone is 1. The van der Waals surface area contributed by atoms with Crippen LogP contribution in [0.1, 0.15) is 36.2 Å². The van der Waals surface area contributed by atoms with Crippen LogP contribution in [0.4, 0.5) is 17.3 Å². The first kappa shape index (κ1) is 29.9. The number of ether oxygens (including phenoxy) is 3. The number of amides is 1. The summed E-state index contributed by atoms with van der Waals surface area (Å²) in [5.41, 5.74) is 7.55. The molecule has 0 unspecified atom stereocenters. The van der Waals surface area contributed by atoms with Gasteiger partial charge in [0.2, 0.25) is 11.8 Å². The molecule has 2 heterocycles. The molecule has 0 bridgehead atoms. The van der Waals surface area contributed by atoms with Crippen molar-refractivity contribution in [2.45, 2.75) is 32.7 Å². The van der Waals surface area contributed by atoms with Crippen LogP contribution in [0.3, 0.4) is 0 Å². The van der Waals surface area contributed by atoms with E-state index in [2.05, 4.69) is 26.8 Å². The van der Waals surface area contributed by atoms with Crippen LogP contribution < -0.4 is 30.2 Å². The molecule has 11 nitrogen and oxygen atoms in total. The molecule has 1 atom stereocenters. The number of aliphatic hydroxyl groups excluding tert-OH is 1. The van der Waals surface area contributed by atoms with Crippen molar-refractivity contribution in [1.29, 1.82) is 0 Å². The molecule has 11 heteroatoms. The third-order valence-corrected chi connectivity index (χ3v) is 6.44. The Labute approximate surface area is 233 Å². The quantitative estimate of drug-likeness (QED) is 0.283. The number of hydrogen-bond acceptors (Lipinski definition) is 10. The number of carbonyl (C=O) groups excluding carboxylic acids is 2. The van der Waals surface area contributed by atoms with Crippen LogP contribution in [-0.4, -0.2) is 60.2 Å². The maximum atomic E-state index is 12.1. The fourth-order valence-corrected chi connectivity index (χ4v) is 4.41. The Morgan fingerprint density at radius 2 is 2.00 bits per heavy atom. The fraction of sp³-hybridized carbons (Fsp3) is 0.310. The van der Waals surface area contributed by atoms with Crippen molar-refractivity contribution in [2.75, 3.05) is 37.6 Å². The number of anilines is 3. The number of aliphatic hydroxyl groups is 1. The summed E-state index contributed by atoms with van der Waals surface area (Å²) < 4.78 is 16.9. The van der Waals surface area contributed by atoms with Gasteiger partial charge in [0.1, 0.15) is 22.8 Å². The Morgan fingerprint density at radius 1 is 1.20 bits per heavy atom. The molecule has 0 radical (unpaired) electrons. The first-order valence-corrected chi connectivity index (χ1v) is 12.4. The van der Waals surface area contributed by atoms with E-state index in [1.807, 2.05) is 18.2 Å². The molecule has 0 saturated carbocycles. The van der Waals surface area contributed by atoms with Gasteiger partial charge in [0.25, 0.3) is 5.91 Å². The number of methoxy groups -OCH3 is 2. The summed E-state index contributed by atoms with van der Waals surface area (Å²) in [5, 5.41) is 12.8. The van der Waals surface area contributed by atoms with Gasteiger partial charge in [0, 0.05) is 36.5 Å². The van der Waals surface area contributed by atoms with Crippen LogP contribution in [0.25, 0.3) is 0 Å². The molecule has 1 aliphatic heterocycles. The van der Waals surface area contributed by atoms with Gasteiger partial charge in [0.05, 0.1) is 32.6 Å². The second kappa shape index (κ2) is 13.4. The number of ketones is 1. The van der Waals surface area contributed by atoms with Crippen LogP contribution in [-0.2, 0) is 11.2 Å². The Bertz CT molecular complexity index is 1380. The first-order chi connectivity index (χ1) is 18.9.